The number of nitrogen functional groups attached to an aromatic ring is 1. The highest BCUT2D eigenvalue weighted by Crippen LogP contribution is 2.24. The molecule has 2 heterocycles. The second-order valence-corrected chi connectivity index (χ2v) is 3.29. The van der Waals surface area contributed by atoms with E-state index in [0.717, 1.165) is 5.69 Å². The molecule has 0 atom stereocenters. The Morgan fingerprint density at radius 1 is 1.44 bits per heavy atom. The first-order valence-corrected chi connectivity index (χ1v) is 4.91. The summed E-state index contributed by atoms with van der Waals surface area (Å²) in [6, 6.07) is 1.80. The van der Waals surface area contributed by atoms with E-state index in [2.05, 4.69) is 25.5 Å². The molecule has 0 aliphatic rings. The van der Waals surface area contributed by atoms with Gasteiger partial charge in [0, 0.05) is 18.7 Å². The summed E-state index contributed by atoms with van der Waals surface area (Å²) in [6.07, 6.45) is 3.60. The molecule has 2 aromatic heterocycles. The van der Waals surface area contributed by atoms with Crippen molar-refractivity contribution in [3.63, 3.8) is 0 Å². The van der Waals surface area contributed by atoms with E-state index in [1.807, 2.05) is 20.3 Å². The summed E-state index contributed by atoms with van der Waals surface area (Å²) >= 11 is 0. The molecule has 0 bridgehead atoms. The lowest BCUT2D eigenvalue weighted by atomic mass is 10.2. The van der Waals surface area contributed by atoms with Crippen LogP contribution < -0.4 is 11.1 Å². The highest BCUT2D eigenvalue weighted by molar-refractivity contribution is 5.71. The monoisotopic (exact) mass is 217 g/mol. The van der Waals surface area contributed by atoms with Crippen molar-refractivity contribution in [2.45, 2.75) is 13.8 Å². The van der Waals surface area contributed by atoms with Gasteiger partial charge in [-0.2, -0.15) is 5.10 Å². The van der Waals surface area contributed by atoms with Gasteiger partial charge in [-0.25, -0.2) is 9.97 Å². The number of aryl methyl sites for hydroxylation is 1. The first kappa shape index (κ1) is 10.4. The van der Waals surface area contributed by atoms with Gasteiger partial charge in [-0.1, -0.05) is 6.92 Å². The van der Waals surface area contributed by atoms with Gasteiger partial charge in [0.25, 0.3) is 0 Å². The maximum atomic E-state index is 5.84. The summed E-state index contributed by atoms with van der Waals surface area (Å²) in [5, 5.41) is 9.78. The van der Waals surface area contributed by atoms with E-state index < -0.39 is 0 Å². The van der Waals surface area contributed by atoms with Crippen molar-refractivity contribution < 1.29 is 0 Å². The predicted molar refractivity (Wildman–Crippen MR) is 62.1 cm³/mol. The summed E-state index contributed by atoms with van der Waals surface area (Å²) in [4.78, 5) is 8.39. The average molecular weight is 217 g/mol. The minimum Gasteiger partial charge on any atom is -0.382 e. The van der Waals surface area contributed by atoms with Crippen molar-refractivity contribution in [3.8, 4) is 0 Å². The average Bonchev–Trinajstić information content (AvgIpc) is 2.74. The molecule has 0 amide bonds. The van der Waals surface area contributed by atoms with E-state index in [9.17, 15) is 0 Å². The molecular formula is C10H13N6. The zero-order valence-corrected chi connectivity index (χ0v) is 9.15. The maximum Gasteiger partial charge on any atom is 0.152 e. The Morgan fingerprint density at radius 2 is 2.25 bits per heavy atom. The van der Waals surface area contributed by atoms with E-state index in [4.69, 9.17) is 5.73 Å². The smallest absolute Gasteiger partial charge is 0.152 e. The van der Waals surface area contributed by atoms with Crippen molar-refractivity contribution in [3.05, 3.63) is 30.2 Å². The molecular weight excluding hydrogens is 204 g/mol. The van der Waals surface area contributed by atoms with Crippen molar-refractivity contribution in [2.24, 2.45) is 0 Å². The molecule has 4 N–H and O–H groups in total. The van der Waals surface area contributed by atoms with Gasteiger partial charge >= 0.3 is 0 Å². The van der Waals surface area contributed by atoms with Gasteiger partial charge in [0.2, 0.25) is 0 Å². The lowest BCUT2D eigenvalue weighted by Gasteiger charge is -2.10. The third kappa shape index (κ3) is 1.95. The summed E-state index contributed by atoms with van der Waals surface area (Å²) in [6.45, 7) is 3.71. The number of aromatic nitrogens is 4. The maximum absolute atomic E-state index is 5.84. The van der Waals surface area contributed by atoms with Crippen LogP contribution in [-0.2, 0) is 0 Å². The largest absolute Gasteiger partial charge is 0.382 e. The first-order chi connectivity index (χ1) is 7.70. The van der Waals surface area contributed by atoms with Crippen LogP contribution in [0.3, 0.4) is 0 Å². The van der Waals surface area contributed by atoms with Crippen LogP contribution in [0.2, 0.25) is 0 Å². The molecule has 0 aromatic carbocycles. The van der Waals surface area contributed by atoms with Gasteiger partial charge in [0.1, 0.15) is 11.5 Å². The fourth-order valence-corrected chi connectivity index (χ4v) is 1.41. The lowest BCUT2D eigenvalue weighted by Crippen LogP contribution is -2.06. The quantitative estimate of drug-likeness (QED) is 0.722. The second kappa shape index (κ2) is 4.18. The molecule has 0 saturated carbocycles. The number of H-pyrrole nitrogens is 1. The second-order valence-electron chi connectivity index (χ2n) is 3.29. The molecule has 6 heteroatoms. The number of nitrogens with one attached hydrogen (secondary N) is 2. The zero-order valence-electron chi connectivity index (χ0n) is 9.15. The van der Waals surface area contributed by atoms with Crippen LogP contribution >= 0.6 is 0 Å². The number of anilines is 3. The SMILES string of the molecule is C[CH]c1nc(C)nc(N)c1Nc1cc[nH]n1. The van der Waals surface area contributed by atoms with Crippen molar-refractivity contribution in [1.29, 1.82) is 0 Å². The Balaban J connectivity index is 2.39. The number of aromatic amines is 1. The van der Waals surface area contributed by atoms with Gasteiger partial charge < -0.3 is 11.1 Å². The van der Waals surface area contributed by atoms with Crippen molar-refractivity contribution >= 4 is 17.3 Å². The molecule has 2 aromatic rings. The Kier molecular flexibility index (Phi) is 2.72. The molecule has 0 spiro atoms. The third-order valence-electron chi connectivity index (χ3n) is 2.10. The molecule has 6 nitrogen and oxygen atoms in total. The fourth-order valence-electron chi connectivity index (χ4n) is 1.41. The highest BCUT2D eigenvalue weighted by atomic mass is 15.2. The Bertz CT molecular complexity index is 476. The Hall–Kier alpha value is -2.11. The third-order valence-corrected chi connectivity index (χ3v) is 2.10. The predicted octanol–water partition coefficient (Wildman–Crippen LogP) is 1.41. The van der Waals surface area contributed by atoms with E-state index in [1.165, 1.54) is 0 Å². The standard InChI is InChI=1S/C10H13N6/c1-3-7-9(10(11)14-6(2)13-7)15-8-4-5-12-16-8/h3-5H,1-2H3,(H2,11,13,14)(H2,12,15,16). The van der Waals surface area contributed by atoms with Crippen LogP contribution in [0, 0.1) is 13.3 Å². The van der Waals surface area contributed by atoms with Crippen LogP contribution in [0.15, 0.2) is 12.3 Å². The van der Waals surface area contributed by atoms with Crippen LogP contribution in [0.5, 0.6) is 0 Å². The van der Waals surface area contributed by atoms with Gasteiger partial charge in [-0.15, -0.1) is 0 Å². The number of nitrogens with two attached hydrogens (primary N) is 1. The molecule has 0 unspecified atom stereocenters. The molecule has 0 fully saturated rings. The normalized spacial score (nSPS) is 10.4. The van der Waals surface area contributed by atoms with E-state index in [0.29, 0.717) is 23.1 Å². The lowest BCUT2D eigenvalue weighted by molar-refractivity contribution is 1.02. The molecule has 0 aliphatic heterocycles. The van der Waals surface area contributed by atoms with Gasteiger partial charge in [0.05, 0.1) is 5.69 Å². The highest BCUT2D eigenvalue weighted by Gasteiger charge is 2.10. The minimum absolute atomic E-state index is 0.420. The Morgan fingerprint density at radius 3 is 2.88 bits per heavy atom. The minimum atomic E-state index is 0.420. The summed E-state index contributed by atoms with van der Waals surface area (Å²) in [5.74, 6) is 1.75. The topological polar surface area (TPSA) is 92.5 Å². The molecule has 0 aliphatic carbocycles. The fraction of sp³-hybridized carbons (Fsp3) is 0.200. The summed E-state index contributed by atoms with van der Waals surface area (Å²) < 4.78 is 0. The number of rotatable bonds is 3. The molecule has 83 valence electrons. The van der Waals surface area contributed by atoms with Crippen LogP contribution in [0.25, 0.3) is 0 Å². The molecule has 16 heavy (non-hydrogen) atoms. The van der Waals surface area contributed by atoms with Crippen molar-refractivity contribution in [2.75, 3.05) is 11.1 Å². The van der Waals surface area contributed by atoms with Gasteiger partial charge in [0.15, 0.2) is 11.6 Å². The summed E-state index contributed by atoms with van der Waals surface area (Å²) in [5.41, 5.74) is 7.29. The molecule has 2 rings (SSSR count). The number of nitrogens with zero attached hydrogens (tertiary/aromatic N) is 3. The van der Waals surface area contributed by atoms with E-state index in [1.54, 1.807) is 12.3 Å². The number of hydrogen-bond donors (Lipinski definition) is 3. The van der Waals surface area contributed by atoms with Crippen molar-refractivity contribution in [1.82, 2.24) is 20.2 Å². The Labute approximate surface area is 93.3 Å². The van der Waals surface area contributed by atoms with Crippen LogP contribution in [0.1, 0.15) is 18.4 Å². The van der Waals surface area contributed by atoms with Crippen LogP contribution in [-0.4, -0.2) is 20.2 Å². The number of hydrogen-bond acceptors (Lipinski definition) is 5. The van der Waals surface area contributed by atoms with Gasteiger partial charge in [-0.3, -0.25) is 5.10 Å². The van der Waals surface area contributed by atoms with Crippen LogP contribution in [0.4, 0.5) is 17.3 Å². The van der Waals surface area contributed by atoms with E-state index in [-0.39, 0.29) is 0 Å². The zero-order chi connectivity index (χ0) is 11.5. The van der Waals surface area contributed by atoms with Gasteiger partial charge in [-0.05, 0) is 6.92 Å². The first-order valence-electron chi connectivity index (χ1n) is 4.91. The molecule has 1 radical (unpaired) electrons. The summed E-state index contributed by atoms with van der Waals surface area (Å²) in [7, 11) is 0. The molecule has 0 saturated heterocycles. The van der Waals surface area contributed by atoms with E-state index >= 15 is 0 Å².